The van der Waals surface area contributed by atoms with E-state index < -0.39 is 11.4 Å². The van der Waals surface area contributed by atoms with Crippen molar-refractivity contribution in [2.24, 2.45) is 17.3 Å². The zero-order valence-corrected chi connectivity index (χ0v) is 12.0. The van der Waals surface area contributed by atoms with E-state index in [1.807, 2.05) is 0 Å². The van der Waals surface area contributed by atoms with Crippen molar-refractivity contribution in [1.82, 2.24) is 4.90 Å². The van der Waals surface area contributed by atoms with E-state index in [0.717, 1.165) is 32.4 Å². The van der Waals surface area contributed by atoms with Crippen LogP contribution in [0.2, 0.25) is 0 Å². The Hall–Kier alpha value is -0.570. The second kappa shape index (κ2) is 5.20. The largest absolute Gasteiger partial charge is 0.481 e. The van der Waals surface area contributed by atoms with Gasteiger partial charge in [0.05, 0.1) is 5.41 Å². The molecule has 2 aliphatic rings. The quantitative estimate of drug-likeness (QED) is 0.840. The lowest BCUT2D eigenvalue weighted by atomic mass is 9.69. The molecule has 1 saturated carbocycles. The predicted octanol–water partition coefficient (Wildman–Crippen LogP) is 3.00. The van der Waals surface area contributed by atoms with Crippen molar-refractivity contribution >= 4 is 5.97 Å². The third kappa shape index (κ3) is 2.71. The third-order valence-corrected chi connectivity index (χ3v) is 4.96. The van der Waals surface area contributed by atoms with Gasteiger partial charge in [-0.15, -0.1) is 0 Å². The zero-order chi connectivity index (χ0) is 13.3. The molecule has 4 atom stereocenters. The van der Waals surface area contributed by atoms with Crippen molar-refractivity contribution < 1.29 is 9.90 Å². The van der Waals surface area contributed by atoms with Gasteiger partial charge in [0, 0.05) is 19.1 Å². The summed E-state index contributed by atoms with van der Waals surface area (Å²) < 4.78 is 0. The third-order valence-electron chi connectivity index (χ3n) is 4.96. The van der Waals surface area contributed by atoms with Crippen LogP contribution in [0.1, 0.15) is 52.9 Å². The van der Waals surface area contributed by atoms with E-state index >= 15 is 0 Å². The van der Waals surface area contributed by atoms with E-state index in [4.69, 9.17) is 0 Å². The summed E-state index contributed by atoms with van der Waals surface area (Å²) in [6.07, 6.45) is 5.21. The van der Waals surface area contributed by atoms with Gasteiger partial charge in [-0.2, -0.15) is 0 Å². The van der Waals surface area contributed by atoms with Crippen LogP contribution in [0.4, 0.5) is 0 Å². The van der Waals surface area contributed by atoms with Gasteiger partial charge >= 0.3 is 5.97 Å². The van der Waals surface area contributed by atoms with E-state index in [-0.39, 0.29) is 0 Å². The van der Waals surface area contributed by atoms with Crippen molar-refractivity contribution in [3.05, 3.63) is 0 Å². The van der Waals surface area contributed by atoms with Crippen LogP contribution >= 0.6 is 0 Å². The van der Waals surface area contributed by atoms with Crippen LogP contribution in [0.5, 0.6) is 0 Å². The van der Waals surface area contributed by atoms with Crippen LogP contribution in [-0.4, -0.2) is 35.1 Å². The number of carboxylic acid groups (broad SMARTS) is 1. The lowest BCUT2D eigenvalue weighted by Crippen LogP contribution is -2.47. The highest BCUT2D eigenvalue weighted by molar-refractivity contribution is 5.75. The first-order chi connectivity index (χ1) is 8.43. The molecule has 104 valence electrons. The molecule has 0 bridgehead atoms. The number of hydrogen-bond acceptors (Lipinski definition) is 2. The Labute approximate surface area is 111 Å². The van der Waals surface area contributed by atoms with Crippen LogP contribution in [0.15, 0.2) is 0 Å². The molecule has 0 aromatic heterocycles. The fraction of sp³-hybridized carbons (Fsp3) is 0.933. The fourth-order valence-corrected chi connectivity index (χ4v) is 4.06. The number of likely N-dealkylation sites (tertiary alicyclic amines) is 1. The molecule has 1 aliphatic heterocycles. The van der Waals surface area contributed by atoms with Gasteiger partial charge < -0.3 is 5.11 Å². The van der Waals surface area contributed by atoms with Gasteiger partial charge in [-0.3, -0.25) is 9.69 Å². The Bertz CT molecular complexity index is 318. The topological polar surface area (TPSA) is 40.5 Å². The van der Waals surface area contributed by atoms with Crippen LogP contribution < -0.4 is 0 Å². The summed E-state index contributed by atoms with van der Waals surface area (Å²) >= 11 is 0. The van der Waals surface area contributed by atoms with E-state index in [1.165, 1.54) is 12.8 Å². The highest BCUT2D eigenvalue weighted by Crippen LogP contribution is 2.41. The van der Waals surface area contributed by atoms with Gasteiger partial charge in [0.2, 0.25) is 0 Å². The maximum Gasteiger partial charge on any atom is 0.310 e. The highest BCUT2D eigenvalue weighted by Gasteiger charge is 2.44. The Balaban J connectivity index is 2.09. The van der Waals surface area contributed by atoms with Crippen LogP contribution in [-0.2, 0) is 4.79 Å². The van der Waals surface area contributed by atoms with Gasteiger partial charge in [-0.25, -0.2) is 0 Å². The summed E-state index contributed by atoms with van der Waals surface area (Å²) in [5.41, 5.74) is -0.476. The first-order valence-corrected chi connectivity index (χ1v) is 7.40. The molecule has 3 heteroatoms. The molecule has 2 fully saturated rings. The van der Waals surface area contributed by atoms with Crippen molar-refractivity contribution in [2.75, 3.05) is 13.1 Å². The predicted molar refractivity (Wildman–Crippen MR) is 72.5 cm³/mol. The van der Waals surface area contributed by atoms with Crippen LogP contribution in [0.25, 0.3) is 0 Å². The molecular weight excluding hydrogens is 226 g/mol. The summed E-state index contributed by atoms with van der Waals surface area (Å²) in [5.74, 6) is 0.706. The smallest absolute Gasteiger partial charge is 0.310 e. The molecule has 1 saturated heterocycles. The van der Waals surface area contributed by atoms with E-state index in [0.29, 0.717) is 17.9 Å². The van der Waals surface area contributed by atoms with Gasteiger partial charge in [-0.05, 0) is 38.0 Å². The van der Waals surface area contributed by atoms with E-state index in [1.54, 1.807) is 0 Å². The number of carboxylic acids is 1. The fourth-order valence-electron chi connectivity index (χ4n) is 4.06. The Morgan fingerprint density at radius 3 is 2.56 bits per heavy atom. The number of aliphatic carboxylic acids is 1. The number of rotatable bonds is 3. The molecule has 0 aromatic carbocycles. The molecule has 0 aromatic rings. The Morgan fingerprint density at radius 1 is 1.33 bits per heavy atom. The van der Waals surface area contributed by atoms with E-state index in [9.17, 15) is 9.90 Å². The highest BCUT2D eigenvalue weighted by atomic mass is 16.4. The lowest BCUT2D eigenvalue weighted by Gasteiger charge is -2.40. The maximum absolute atomic E-state index is 11.8. The zero-order valence-electron chi connectivity index (χ0n) is 12.0. The average Bonchev–Trinajstić information content (AvgIpc) is 2.57. The number of hydrogen-bond donors (Lipinski definition) is 1. The summed E-state index contributed by atoms with van der Waals surface area (Å²) in [5, 5.41) is 9.69. The van der Waals surface area contributed by atoms with E-state index in [2.05, 4.69) is 25.7 Å². The van der Waals surface area contributed by atoms with Crippen LogP contribution in [0.3, 0.4) is 0 Å². The number of carbonyl (C=O) groups is 1. The second-order valence-corrected chi connectivity index (χ2v) is 6.91. The molecule has 1 aliphatic carbocycles. The molecule has 0 spiro atoms. The Kier molecular flexibility index (Phi) is 4.00. The minimum absolute atomic E-state index is 0.476. The van der Waals surface area contributed by atoms with Crippen molar-refractivity contribution in [1.29, 1.82) is 0 Å². The van der Waals surface area contributed by atoms with Crippen molar-refractivity contribution in [3.8, 4) is 0 Å². The molecule has 1 N–H and O–H groups in total. The Morgan fingerprint density at radius 2 is 2.06 bits per heavy atom. The van der Waals surface area contributed by atoms with Gasteiger partial charge in [0.25, 0.3) is 0 Å². The summed E-state index contributed by atoms with van der Waals surface area (Å²) in [6.45, 7) is 8.55. The average molecular weight is 253 g/mol. The van der Waals surface area contributed by atoms with Gasteiger partial charge in [0.1, 0.15) is 0 Å². The summed E-state index contributed by atoms with van der Waals surface area (Å²) in [6, 6.07) is 0.549. The summed E-state index contributed by atoms with van der Waals surface area (Å²) in [7, 11) is 0. The molecule has 3 nitrogen and oxygen atoms in total. The van der Waals surface area contributed by atoms with Crippen LogP contribution in [0, 0.1) is 17.3 Å². The molecule has 1 heterocycles. The molecule has 18 heavy (non-hydrogen) atoms. The maximum atomic E-state index is 11.8. The molecule has 2 rings (SSSR count). The molecule has 0 radical (unpaired) electrons. The van der Waals surface area contributed by atoms with Crippen molar-refractivity contribution in [3.63, 3.8) is 0 Å². The molecular formula is C15H27NO2. The normalized spacial score (nSPS) is 42.1. The minimum atomic E-state index is -0.569. The molecule has 4 unspecified atom stereocenters. The van der Waals surface area contributed by atoms with Gasteiger partial charge in [-0.1, -0.05) is 26.7 Å². The number of nitrogens with zero attached hydrogens (tertiary/aromatic N) is 1. The first-order valence-electron chi connectivity index (χ1n) is 7.40. The van der Waals surface area contributed by atoms with Gasteiger partial charge in [0.15, 0.2) is 0 Å². The second-order valence-electron chi connectivity index (χ2n) is 6.91. The summed E-state index contributed by atoms with van der Waals surface area (Å²) in [4.78, 5) is 14.2. The monoisotopic (exact) mass is 253 g/mol. The SMILES string of the molecule is CC1CC(C)N(CC2(C(=O)O)CCCC(C)C2)C1. The van der Waals surface area contributed by atoms with Crippen molar-refractivity contribution in [2.45, 2.75) is 58.9 Å². The first kappa shape index (κ1) is 13.9. The molecule has 0 amide bonds. The standard InChI is InChI=1S/C15H27NO2/c1-11-5-4-6-15(8-11,14(17)18)10-16-9-12(2)7-13(16)3/h11-13H,4-10H2,1-3H3,(H,17,18). The minimum Gasteiger partial charge on any atom is -0.481 e. The lowest BCUT2D eigenvalue weighted by molar-refractivity contribution is -0.153.